The van der Waals surface area contributed by atoms with Crippen LogP contribution in [-0.4, -0.2) is 0 Å². The molecule has 0 radical (unpaired) electrons. The second-order valence-corrected chi connectivity index (χ2v) is 7.98. The number of ether oxygens (including phenoxy) is 2. The van der Waals surface area contributed by atoms with E-state index in [9.17, 15) is 26.3 Å². The topological polar surface area (TPSA) is 161 Å². The molecule has 0 amide bonds. The summed E-state index contributed by atoms with van der Waals surface area (Å²) in [6.07, 6.45) is 0. The van der Waals surface area contributed by atoms with Gasteiger partial charge >= 0.3 is 0 Å². The van der Waals surface area contributed by atoms with Gasteiger partial charge in [-0.15, -0.1) is 0 Å². The van der Waals surface area contributed by atoms with E-state index in [0.29, 0.717) is 61.8 Å². The third-order valence-corrected chi connectivity index (χ3v) is 5.86. The van der Waals surface area contributed by atoms with E-state index in [1.165, 1.54) is 0 Å². The Morgan fingerprint density at radius 3 is 1.46 bits per heavy atom. The summed E-state index contributed by atoms with van der Waals surface area (Å²) < 4.78 is 12.2. The molecule has 2 aliphatic heterocycles. The number of benzene rings is 3. The van der Waals surface area contributed by atoms with Crippen LogP contribution in [0.1, 0.15) is 18.1 Å². The zero-order valence-corrected chi connectivity index (χ0v) is 19.2. The molecule has 172 valence electrons. The van der Waals surface area contributed by atoms with Crippen molar-refractivity contribution in [3.05, 3.63) is 82.6 Å². The van der Waals surface area contributed by atoms with Gasteiger partial charge in [0.1, 0.15) is 12.1 Å². The minimum absolute atomic E-state index is 0.0302. The average Bonchev–Trinajstić information content (AvgIpc) is 3.57. The molecule has 2 aliphatic rings. The Morgan fingerprint density at radius 2 is 1.05 bits per heavy atom. The van der Waals surface area contributed by atoms with Gasteiger partial charge in [0.25, 0.3) is 0 Å². The smallest absolute Gasteiger partial charge is 0.226 e. The van der Waals surface area contributed by atoms with E-state index in [2.05, 4.69) is 28.8 Å². The molecule has 2 N–H and O–H groups in total. The Kier molecular flexibility index (Phi) is 5.41. The van der Waals surface area contributed by atoms with E-state index in [0.717, 1.165) is 0 Å². The molecule has 0 spiro atoms. The fraction of sp³-hybridized carbons (Fsp3) is 0.0357. The number of rotatable bonds is 2. The van der Waals surface area contributed by atoms with Crippen LogP contribution in [0.15, 0.2) is 71.4 Å². The van der Waals surface area contributed by atoms with E-state index in [1.807, 2.05) is 12.1 Å². The van der Waals surface area contributed by atoms with Gasteiger partial charge in [-0.05, 0) is 42.3 Å². The van der Waals surface area contributed by atoms with Gasteiger partial charge in [-0.3, -0.25) is 0 Å². The molecule has 0 aromatic heterocycles. The second-order valence-electron chi connectivity index (χ2n) is 7.98. The van der Waals surface area contributed by atoms with Crippen molar-refractivity contribution in [1.82, 2.24) is 0 Å². The number of nitrogens with zero attached hydrogens (tertiary/aromatic N) is 5. The lowest BCUT2D eigenvalue weighted by molar-refractivity contribution is 0.451. The molecule has 0 aliphatic carbocycles. The maximum atomic E-state index is 9.49. The molecular weight excluding hydrogens is 466 g/mol. The van der Waals surface area contributed by atoms with Gasteiger partial charge in [-0.1, -0.05) is 24.3 Å². The standard InChI is InChI=1S/C28H13N7O2/c1-15(10-29)27-34-23-21(18-6-2-16(11-30)3-7-18)26-24(35-28(37-26)20(13-32)14-33)22(25(23)36-27)19-8-4-17(12-31)5-9-19/h2-9,34-35H,1H3/b27-15-. The van der Waals surface area contributed by atoms with Crippen molar-refractivity contribution in [1.29, 1.82) is 26.3 Å². The maximum Gasteiger partial charge on any atom is 0.226 e. The quantitative estimate of drug-likeness (QED) is 0.459. The minimum Gasteiger partial charge on any atom is -0.437 e. The predicted octanol–water partition coefficient (Wildman–Crippen LogP) is 5.39. The molecule has 2 heterocycles. The minimum atomic E-state index is -0.247. The fourth-order valence-electron chi connectivity index (χ4n) is 4.06. The summed E-state index contributed by atoms with van der Waals surface area (Å²) in [4.78, 5) is 0. The fourth-order valence-corrected chi connectivity index (χ4v) is 4.06. The number of nitriles is 5. The number of anilines is 2. The summed E-state index contributed by atoms with van der Waals surface area (Å²) >= 11 is 0. The van der Waals surface area contributed by atoms with Gasteiger partial charge in [0, 0.05) is 0 Å². The van der Waals surface area contributed by atoms with E-state index in [1.54, 1.807) is 55.5 Å². The molecule has 37 heavy (non-hydrogen) atoms. The van der Waals surface area contributed by atoms with Crippen LogP contribution < -0.4 is 20.1 Å². The number of hydrogen-bond acceptors (Lipinski definition) is 9. The highest BCUT2D eigenvalue weighted by atomic mass is 16.5. The first-order valence-corrected chi connectivity index (χ1v) is 10.8. The zero-order valence-electron chi connectivity index (χ0n) is 19.2. The summed E-state index contributed by atoms with van der Waals surface area (Å²) in [7, 11) is 0. The monoisotopic (exact) mass is 479 g/mol. The average molecular weight is 479 g/mol. The van der Waals surface area contributed by atoms with Crippen molar-refractivity contribution in [2.45, 2.75) is 6.92 Å². The van der Waals surface area contributed by atoms with E-state index in [-0.39, 0.29) is 17.3 Å². The molecule has 0 saturated heterocycles. The highest BCUT2D eigenvalue weighted by Crippen LogP contribution is 2.59. The predicted molar refractivity (Wildman–Crippen MR) is 132 cm³/mol. The Labute approximate surface area is 211 Å². The van der Waals surface area contributed by atoms with Crippen LogP contribution in [-0.2, 0) is 0 Å². The second kappa shape index (κ2) is 8.86. The molecule has 9 nitrogen and oxygen atoms in total. The molecule has 0 saturated carbocycles. The molecule has 5 rings (SSSR count). The van der Waals surface area contributed by atoms with Crippen molar-refractivity contribution in [3.63, 3.8) is 0 Å². The van der Waals surface area contributed by atoms with E-state index < -0.39 is 0 Å². The summed E-state index contributed by atoms with van der Waals surface area (Å²) in [6, 6.07) is 23.5. The van der Waals surface area contributed by atoms with Gasteiger partial charge in [0.2, 0.25) is 11.8 Å². The third kappa shape index (κ3) is 3.61. The van der Waals surface area contributed by atoms with Crippen molar-refractivity contribution >= 4 is 11.4 Å². The van der Waals surface area contributed by atoms with Crippen LogP contribution in [0.5, 0.6) is 11.5 Å². The van der Waals surface area contributed by atoms with E-state index in [4.69, 9.17) is 9.47 Å². The Bertz CT molecular complexity index is 1650. The number of hydrogen-bond donors (Lipinski definition) is 2. The highest BCUT2D eigenvalue weighted by Gasteiger charge is 2.37. The largest absolute Gasteiger partial charge is 0.437 e. The first-order chi connectivity index (χ1) is 18.0. The normalized spacial score (nSPS) is 13.5. The van der Waals surface area contributed by atoms with Gasteiger partial charge < -0.3 is 20.1 Å². The van der Waals surface area contributed by atoms with Crippen molar-refractivity contribution in [2.24, 2.45) is 0 Å². The van der Waals surface area contributed by atoms with Crippen molar-refractivity contribution < 1.29 is 9.47 Å². The Morgan fingerprint density at radius 1 is 0.622 bits per heavy atom. The summed E-state index contributed by atoms with van der Waals surface area (Å²) in [5.74, 6) is 0.932. The Hall–Kier alpha value is -6.21. The number of fused-ring (bicyclic) bond motifs is 2. The lowest BCUT2D eigenvalue weighted by atomic mass is 9.93. The maximum absolute atomic E-state index is 9.49. The summed E-state index contributed by atoms with van der Waals surface area (Å²) in [5, 5.41) is 53.1. The Balaban J connectivity index is 1.87. The van der Waals surface area contributed by atoms with Crippen LogP contribution in [0, 0.1) is 56.7 Å². The van der Waals surface area contributed by atoms with Crippen LogP contribution >= 0.6 is 0 Å². The van der Waals surface area contributed by atoms with Gasteiger partial charge in [0.15, 0.2) is 17.1 Å². The van der Waals surface area contributed by atoms with Crippen LogP contribution in [0.4, 0.5) is 11.4 Å². The molecule has 9 heteroatoms. The lowest BCUT2D eigenvalue weighted by Gasteiger charge is -2.16. The lowest BCUT2D eigenvalue weighted by Crippen LogP contribution is -2.02. The summed E-state index contributed by atoms with van der Waals surface area (Å²) in [6.45, 7) is 1.62. The highest BCUT2D eigenvalue weighted by molar-refractivity contribution is 6.05. The zero-order chi connectivity index (χ0) is 26.1. The third-order valence-electron chi connectivity index (χ3n) is 5.86. The number of nitrogens with one attached hydrogen (secondary N) is 2. The first kappa shape index (κ1) is 22.6. The van der Waals surface area contributed by atoms with E-state index >= 15 is 0 Å². The number of allylic oxidation sites excluding steroid dienone is 2. The first-order valence-electron chi connectivity index (χ1n) is 10.8. The summed E-state index contributed by atoms with van der Waals surface area (Å²) in [5.41, 5.74) is 4.38. The van der Waals surface area contributed by atoms with Gasteiger partial charge in [0.05, 0.1) is 57.4 Å². The van der Waals surface area contributed by atoms with Crippen molar-refractivity contribution in [3.8, 4) is 64.1 Å². The molecule has 0 unspecified atom stereocenters. The van der Waals surface area contributed by atoms with Crippen LogP contribution in [0.25, 0.3) is 22.3 Å². The SMILES string of the molecule is C/C(C#N)=C1\Nc2c(c(-c3ccc(C#N)cc3)c3c(c2-c2ccc(C#N)cc2)OC(=C(C#N)C#N)N3)O1. The van der Waals surface area contributed by atoms with Gasteiger partial charge in [-0.25, -0.2) is 0 Å². The van der Waals surface area contributed by atoms with Crippen LogP contribution in [0.2, 0.25) is 0 Å². The molecule has 0 fully saturated rings. The molecular formula is C28H13N7O2. The molecule has 3 aromatic rings. The van der Waals surface area contributed by atoms with Crippen LogP contribution in [0.3, 0.4) is 0 Å². The van der Waals surface area contributed by atoms with Gasteiger partial charge in [-0.2, -0.15) is 26.3 Å². The molecule has 0 bridgehead atoms. The molecule has 3 aromatic carbocycles. The van der Waals surface area contributed by atoms with Crippen molar-refractivity contribution in [2.75, 3.05) is 10.6 Å². The molecule has 0 atom stereocenters.